The van der Waals surface area contributed by atoms with Crippen LogP contribution in [0.15, 0.2) is 18.2 Å². The van der Waals surface area contributed by atoms with E-state index in [0.717, 1.165) is 10.5 Å². The molecule has 0 bridgehead atoms. The number of fused-ring (bicyclic) bond motifs is 1. The number of carbonyl (C=O) groups is 3. The van der Waals surface area contributed by atoms with Crippen molar-refractivity contribution in [2.45, 2.75) is 25.8 Å². The van der Waals surface area contributed by atoms with Gasteiger partial charge in [-0.2, -0.15) is 0 Å². The van der Waals surface area contributed by atoms with Crippen LogP contribution in [0.1, 0.15) is 24.8 Å². The lowest BCUT2D eigenvalue weighted by Crippen LogP contribution is -2.34. The van der Waals surface area contributed by atoms with Crippen LogP contribution in [0.2, 0.25) is 0 Å². The molecule has 1 fully saturated rings. The molecule has 7 nitrogen and oxygen atoms in total. The second kappa shape index (κ2) is 6.05. The van der Waals surface area contributed by atoms with Gasteiger partial charge in [0.2, 0.25) is 24.5 Å². The molecule has 0 aromatic heterocycles. The topological polar surface area (TPSA) is 84.9 Å². The number of nitrogens with one attached hydrogen (secondary N) is 1. The lowest BCUT2D eigenvalue weighted by atomic mass is 10.2. The van der Waals surface area contributed by atoms with E-state index in [1.165, 1.54) is 0 Å². The van der Waals surface area contributed by atoms with Crippen molar-refractivity contribution in [3.05, 3.63) is 23.8 Å². The molecule has 1 N–H and O–H groups in total. The zero-order valence-corrected chi connectivity index (χ0v) is 12.0. The molecule has 22 heavy (non-hydrogen) atoms. The third-order valence-electron chi connectivity index (χ3n) is 3.64. The molecule has 0 atom stereocenters. The number of carbonyl (C=O) groups excluding carboxylic acids is 3. The third-order valence-corrected chi connectivity index (χ3v) is 3.64. The van der Waals surface area contributed by atoms with Crippen LogP contribution in [-0.4, -0.2) is 36.0 Å². The molecule has 3 rings (SSSR count). The van der Waals surface area contributed by atoms with Gasteiger partial charge >= 0.3 is 0 Å². The summed E-state index contributed by atoms with van der Waals surface area (Å²) in [5, 5.41) is 2.76. The second-order valence-corrected chi connectivity index (χ2v) is 5.15. The highest BCUT2D eigenvalue weighted by Gasteiger charge is 2.28. The Balaban J connectivity index is 1.46. The summed E-state index contributed by atoms with van der Waals surface area (Å²) >= 11 is 0. The number of ether oxygens (including phenoxy) is 2. The van der Waals surface area contributed by atoms with E-state index in [1.807, 2.05) is 12.1 Å². The van der Waals surface area contributed by atoms with Gasteiger partial charge in [0.15, 0.2) is 11.5 Å². The quantitative estimate of drug-likeness (QED) is 0.804. The van der Waals surface area contributed by atoms with E-state index in [9.17, 15) is 14.4 Å². The lowest BCUT2D eigenvalue weighted by Gasteiger charge is -2.13. The van der Waals surface area contributed by atoms with Crippen LogP contribution in [0.25, 0.3) is 0 Å². The van der Waals surface area contributed by atoms with Gasteiger partial charge in [-0.1, -0.05) is 6.07 Å². The van der Waals surface area contributed by atoms with E-state index in [-0.39, 0.29) is 50.3 Å². The zero-order chi connectivity index (χ0) is 15.5. The maximum atomic E-state index is 11.8. The Kier molecular flexibility index (Phi) is 3.95. The Hall–Kier alpha value is -2.57. The van der Waals surface area contributed by atoms with Crippen LogP contribution >= 0.6 is 0 Å². The standard InChI is InChI=1S/C15H16N2O5/c18-13(5-6-17-14(19)3-4-15(17)20)16-8-10-1-2-11-12(7-10)22-9-21-11/h1-2,7H,3-6,8-9H2,(H,16,18). The van der Waals surface area contributed by atoms with E-state index in [2.05, 4.69) is 5.32 Å². The summed E-state index contributed by atoms with van der Waals surface area (Å²) in [7, 11) is 0. The van der Waals surface area contributed by atoms with E-state index in [1.54, 1.807) is 6.07 Å². The average Bonchev–Trinajstić information content (AvgIpc) is 3.10. The summed E-state index contributed by atoms with van der Waals surface area (Å²) in [4.78, 5) is 35.8. The van der Waals surface area contributed by atoms with Crippen molar-refractivity contribution < 1.29 is 23.9 Å². The van der Waals surface area contributed by atoms with Gasteiger partial charge in [0.25, 0.3) is 0 Å². The van der Waals surface area contributed by atoms with Gasteiger partial charge in [-0.15, -0.1) is 0 Å². The number of amides is 3. The highest BCUT2D eigenvalue weighted by molar-refractivity contribution is 6.02. The number of nitrogens with zero attached hydrogens (tertiary/aromatic N) is 1. The fraction of sp³-hybridized carbons (Fsp3) is 0.400. The molecule has 3 amide bonds. The maximum Gasteiger partial charge on any atom is 0.231 e. The molecule has 0 saturated carbocycles. The lowest BCUT2D eigenvalue weighted by molar-refractivity contribution is -0.138. The zero-order valence-electron chi connectivity index (χ0n) is 12.0. The minimum atomic E-state index is -0.204. The fourth-order valence-electron chi connectivity index (χ4n) is 2.43. The van der Waals surface area contributed by atoms with Gasteiger partial charge in [0.1, 0.15) is 0 Å². The van der Waals surface area contributed by atoms with Gasteiger partial charge in [-0.3, -0.25) is 19.3 Å². The fourth-order valence-corrected chi connectivity index (χ4v) is 2.43. The highest BCUT2D eigenvalue weighted by Crippen LogP contribution is 2.32. The molecular weight excluding hydrogens is 288 g/mol. The van der Waals surface area contributed by atoms with Crippen LogP contribution in [0, 0.1) is 0 Å². The summed E-state index contributed by atoms with van der Waals surface area (Å²) in [6, 6.07) is 5.46. The molecule has 0 radical (unpaired) electrons. The smallest absolute Gasteiger partial charge is 0.231 e. The largest absolute Gasteiger partial charge is 0.454 e. The Morgan fingerprint density at radius 3 is 2.64 bits per heavy atom. The number of hydrogen-bond donors (Lipinski definition) is 1. The van der Waals surface area contributed by atoms with E-state index in [0.29, 0.717) is 18.0 Å². The second-order valence-electron chi connectivity index (χ2n) is 5.15. The van der Waals surface area contributed by atoms with Crippen molar-refractivity contribution >= 4 is 17.7 Å². The Labute approximate surface area is 127 Å². The normalized spacial score (nSPS) is 16.3. The van der Waals surface area contributed by atoms with Gasteiger partial charge in [-0.25, -0.2) is 0 Å². The van der Waals surface area contributed by atoms with Crippen molar-refractivity contribution in [2.75, 3.05) is 13.3 Å². The third kappa shape index (κ3) is 3.03. The molecule has 7 heteroatoms. The predicted octanol–water partition coefficient (Wildman–Crippen LogP) is 0.571. The van der Waals surface area contributed by atoms with Crippen molar-refractivity contribution in [3.8, 4) is 11.5 Å². The van der Waals surface area contributed by atoms with Crippen LogP contribution in [0.3, 0.4) is 0 Å². The van der Waals surface area contributed by atoms with Gasteiger partial charge < -0.3 is 14.8 Å². The van der Waals surface area contributed by atoms with Gasteiger partial charge in [0.05, 0.1) is 0 Å². The van der Waals surface area contributed by atoms with Gasteiger partial charge in [-0.05, 0) is 17.7 Å². The first-order chi connectivity index (χ1) is 10.6. The van der Waals surface area contributed by atoms with E-state index < -0.39 is 0 Å². The summed E-state index contributed by atoms with van der Waals surface area (Å²) in [5.41, 5.74) is 0.894. The van der Waals surface area contributed by atoms with Crippen molar-refractivity contribution in [1.82, 2.24) is 10.2 Å². The SMILES string of the molecule is O=C(CCN1C(=O)CCC1=O)NCc1ccc2c(c1)OCO2. The monoisotopic (exact) mass is 304 g/mol. The first-order valence-electron chi connectivity index (χ1n) is 7.12. The first-order valence-corrected chi connectivity index (χ1v) is 7.12. The number of rotatable bonds is 5. The molecule has 2 aliphatic heterocycles. The average molecular weight is 304 g/mol. The van der Waals surface area contributed by atoms with Crippen LogP contribution in [0.5, 0.6) is 11.5 Å². The van der Waals surface area contributed by atoms with Crippen molar-refractivity contribution in [3.63, 3.8) is 0 Å². The number of imide groups is 1. The molecule has 1 saturated heterocycles. The molecule has 116 valence electrons. The van der Waals surface area contributed by atoms with Crippen molar-refractivity contribution in [2.24, 2.45) is 0 Å². The summed E-state index contributed by atoms with van der Waals surface area (Å²) in [6.45, 7) is 0.713. The Morgan fingerprint density at radius 2 is 1.86 bits per heavy atom. The molecule has 2 aliphatic rings. The molecule has 2 heterocycles. The van der Waals surface area contributed by atoms with Gasteiger partial charge in [0, 0.05) is 32.4 Å². The minimum absolute atomic E-state index is 0.113. The Bertz CT molecular complexity index is 612. The molecule has 1 aromatic carbocycles. The van der Waals surface area contributed by atoms with E-state index in [4.69, 9.17) is 9.47 Å². The highest BCUT2D eigenvalue weighted by atomic mass is 16.7. The van der Waals surface area contributed by atoms with Crippen molar-refractivity contribution in [1.29, 1.82) is 0 Å². The number of likely N-dealkylation sites (tertiary alicyclic amines) is 1. The number of hydrogen-bond acceptors (Lipinski definition) is 5. The maximum absolute atomic E-state index is 11.8. The van der Waals surface area contributed by atoms with Crippen LogP contribution in [-0.2, 0) is 20.9 Å². The summed E-state index contributed by atoms with van der Waals surface area (Å²) < 4.78 is 10.5. The number of benzene rings is 1. The Morgan fingerprint density at radius 1 is 1.14 bits per heavy atom. The first kappa shape index (κ1) is 14.4. The molecule has 0 unspecified atom stereocenters. The van der Waals surface area contributed by atoms with E-state index >= 15 is 0 Å². The molecule has 0 aliphatic carbocycles. The van der Waals surface area contributed by atoms with Crippen LogP contribution in [0.4, 0.5) is 0 Å². The molecule has 0 spiro atoms. The predicted molar refractivity (Wildman–Crippen MR) is 75.0 cm³/mol. The molecular formula is C15H16N2O5. The van der Waals surface area contributed by atoms with Crippen LogP contribution < -0.4 is 14.8 Å². The molecule has 1 aromatic rings. The minimum Gasteiger partial charge on any atom is -0.454 e. The summed E-state index contributed by atoms with van der Waals surface area (Å²) in [5.74, 6) is 0.758. The summed E-state index contributed by atoms with van der Waals surface area (Å²) in [6.07, 6.45) is 0.608.